The second kappa shape index (κ2) is 6.00. The highest BCUT2D eigenvalue weighted by molar-refractivity contribution is 7.89. The standard InChI is InChI=1S/C13H20N2O3S/c1-10(15-8-11-5-6-18-9-11)12-3-2-4-13(7-12)19(14,16)17/h2-4,7,10-11,15H,5-6,8-9H2,1H3,(H2,14,16,17). The van der Waals surface area contributed by atoms with Gasteiger partial charge in [0.15, 0.2) is 0 Å². The average Bonchev–Trinajstić information content (AvgIpc) is 2.88. The van der Waals surface area contributed by atoms with Crippen LogP contribution in [0.25, 0.3) is 0 Å². The number of hydrogen-bond acceptors (Lipinski definition) is 4. The highest BCUT2D eigenvalue weighted by Crippen LogP contribution is 2.18. The van der Waals surface area contributed by atoms with Crippen molar-refractivity contribution < 1.29 is 13.2 Å². The van der Waals surface area contributed by atoms with Gasteiger partial charge >= 0.3 is 0 Å². The Morgan fingerprint density at radius 1 is 1.53 bits per heavy atom. The van der Waals surface area contributed by atoms with Gasteiger partial charge in [0.25, 0.3) is 0 Å². The van der Waals surface area contributed by atoms with Crippen molar-refractivity contribution in [3.63, 3.8) is 0 Å². The molecule has 1 heterocycles. The van der Waals surface area contributed by atoms with Crippen LogP contribution in [-0.2, 0) is 14.8 Å². The van der Waals surface area contributed by atoms with Crippen LogP contribution in [0.4, 0.5) is 0 Å². The van der Waals surface area contributed by atoms with E-state index >= 15 is 0 Å². The van der Waals surface area contributed by atoms with Crippen LogP contribution >= 0.6 is 0 Å². The molecule has 1 aromatic carbocycles. The first-order valence-corrected chi connectivity index (χ1v) is 7.95. The summed E-state index contributed by atoms with van der Waals surface area (Å²) in [5.74, 6) is 0.545. The molecule has 0 amide bonds. The topological polar surface area (TPSA) is 81.4 Å². The molecule has 3 N–H and O–H groups in total. The van der Waals surface area contributed by atoms with Gasteiger partial charge in [0.05, 0.1) is 11.5 Å². The SMILES string of the molecule is CC(NCC1CCOC1)c1cccc(S(N)(=O)=O)c1. The normalized spacial score (nSPS) is 21.5. The van der Waals surface area contributed by atoms with E-state index in [0.29, 0.717) is 5.92 Å². The van der Waals surface area contributed by atoms with Gasteiger partial charge in [0.1, 0.15) is 0 Å². The smallest absolute Gasteiger partial charge is 0.238 e. The Hall–Kier alpha value is -0.950. The zero-order chi connectivity index (χ0) is 13.9. The molecule has 1 aliphatic heterocycles. The average molecular weight is 284 g/mol. The highest BCUT2D eigenvalue weighted by atomic mass is 32.2. The predicted octanol–water partition coefficient (Wildman–Crippen LogP) is 1.02. The van der Waals surface area contributed by atoms with E-state index in [-0.39, 0.29) is 10.9 Å². The van der Waals surface area contributed by atoms with Gasteiger partial charge < -0.3 is 10.1 Å². The first-order valence-electron chi connectivity index (χ1n) is 6.40. The van der Waals surface area contributed by atoms with E-state index in [1.807, 2.05) is 13.0 Å². The van der Waals surface area contributed by atoms with Crippen molar-refractivity contribution in [1.82, 2.24) is 5.32 Å². The molecule has 106 valence electrons. The van der Waals surface area contributed by atoms with Gasteiger partial charge in [-0.1, -0.05) is 12.1 Å². The first kappa shape index (κ1) is 14.5. The van der Waals surface area contributed by atoms with Gasteiger partial charge in [-0.25, -0.2) is 13.6 Å². The van der Waals surface area contributed by atoms with Crippen LogP contribution in [-0.4, -0.2) is 28.2 Å². The molecular formula is C13H20N2O3S. The first-order chi connectivity index (χ1) is 8.97. The molecule has 1 aliphatic rings. The lowest BCUT2D eigenvalue weighted by Crippen LogP contribution is -2.26. The Balaban J connectivity index is 2.00. The summed E-state index contributed by atoms with van der Waals surface area (Å²) in [4.78, 5) is 0.155. The number of sulfonamides is 1. The molecule has 6 heteroatoms. The predicted molar refractivity (Wildman–Crippen MR) is 73.2 cm³/mol. The lowest BCUT2D eigenvalue weighted by atomic mass is 10.1. The summed E-state index contributed by atoms with van der Waals surface area (Å²) in [5.41, 5.74) is 0.922. The quantitative estimate of drug-likeness (QED) is 0.846. The summed E-state index contributed by atoms with van der Waals surface area (Å²) >= 11 is 0. The van der Waals surface area contributed by atoms with Crippen LogP contribution in [0.3, 0.4) is 0 Å². The number of hydrogen-bond donors (Lipinski definition) is 2. The Labute approximate surface area is 114 Å². The fourth-order valence-electron chi connectivity index (χ4n) is 2.17. The fraction of sp³-hybridized carbons (Fsp3) is 0.538. The molecule has 19 heavy (non-hydrogen) atoms. The van der Waals surface area contributed by atoms with Gasteiger partial charge in [0, 0.05) is 19.2 Å². The number of benzene rings is 1. The van der Waals surface area contributed by atoms with E-state index in [4.69, 9.17) is 9.88 Å². The third kappa shape index (κ3) is 4.01. The molecule has 5 nitrogen and oxygen atoms in total. The monoisotopic (exact) mass is 284 g/mol. The second-order valence-corrected chi connectivity index (χ2v) is 6.54. The van der Waals surface area contributed by atoms with E-state index in [1.165, 1.54) is 6.07 Å². The van der Waals surface area contributed by atoms with Gasteiger partial charge in [-0.2, -0.15) is 0 Å². The third-order valence-corrected chi connectivity index (χ3v) is 4.33. The Morgan fingerprint density at radius 3 is 2.95 bits per heavy atom. The Bertz CT molecular complexity index is 524. The molecule has 1 fully saturated rings. The zero-order valence-electron chi connectivity index (χ0n) is 11.0. The Morgan fingerprint density at radius 2 is 2.32 bits per heavy atom. The summed E-state index contributed by atoms with van der Waals surface area (Å²) in [7, 11) is -3.64. The molecule has 0 radical (unpaired) electrons. The van der Waals surface area contributed by atoms with E-state index < -0.39 is 10.0 Å². The van der Waals surface area contributed by atoms with Crippen molar-refractivity contribution in [3.8, 4) is 0 Å². The molecule has 2 rings (SSSR count). The molecule has 1 saturated heterocycles. The maximum Gasteiger partial charge on any atom is 0.238 e. The lowest BCUT2D eigenvalue weighted by Gasteiger charge is -2.17. The van der Waals surface area contributed by atoms with E-state index in [2.05, 4.69) is 5.32 Å². The largest absolute Gasteiger partial charge is 0.381 e. The molecule has 0 bridgehead atoms. The summed E-state index contributed by atoms with van der Waals surface area (Å²) in [5, 5.41) is 8.54. The van der Waals surface area contributed by atoms with Crippen molar-refractivity contribution in [2.24, 2.45) is 11.1 Å². The summed E-state index contributed by atoms with van der Waals surface area (Å²) < 4.78 is 28.0. The van der Waals surface area contributed by atoms with Crippen molar-refractivity contribution in [2.75, 3.05) is 19.8 Å². The molecule has 2 unspecified atom stereocenters. The van der Waals surface area contributed by atoms with Gasteiger partial charge in [-0.15, -0.1) is 0 Å². The van der Waals surface area contributed by atoms with Crippen LogP contribution in [0.2, 0.25) is 0 Å². The maximum atomic E-state index is 11.3. The second-order valence-electron chi connectivity index (χ2n) is 4.98. The van der Waals surface area contributed by atoms with Crippen LogP contribution in [0, 0.1) is 5.92 Å². The molecular weight excluding hydrogens is 264 g/mol. The zero-order valence-corrected chi connectivity index (χ0v) is 11.8. The number of primary sulfonamides is 1. The maximum absolute atomic E-state index is 11.3. The summed E-state index contributed by atoms with van der Waals surface area (Å²) in [6.07, 6.45) is 1.08. The van der Waals surface area contributed by atoms with Crippen molar-refractivity contribution in [2.45, 2.75) is 24.3 Å². The molecule has 0 saturated carbocycles. The van der Waals surface area contributed by atoms with Crippen LogP contribution in [0.15, 0.2) is 29.2 Å². The van der Waals surface area contributed by atoms with E-state index in [1.54, 1.807) is 12.1 Å². The summed E-state index contributed by atoms with van der Waals surface area (Å²) in [6, 6.07) is 6.83. The molecule has 0 spiro atoms. The van der Waals surface area contributed by atoms with Crippen molar-refractivity contribution >= 4 is 10.0 Å². The molecule has 0 aromatic heterocycles. The van der Waals surface area contributed by atoms with E-state index in [9.17, 15) is 8.42 Å². The van der Waals surface area contributed by atoms with Crippen molar-refractivity contribution in [3.05, 3.63) is 29.8 Å². The van der Waals surface area contributed by atoms with Crippen LogP contribution < -0.4 is 10.5 Å². The van der Waals surface area contributed by atoms with Crippen LogP contribution in [0.1, 0.15) is 24.9 Å². The molecule has 1 aromatic rings. The van der Waals surface area contributed by atoms with Gasteiger partial charge in [-0.3, -0.25) is 0 Å². The van der Waals surface area contributed by atoms with Gasteiger partial charge in [0.2, 0.25) is 10.0 Å². The number of nitrogens with two attached hydrogens (primary N) is 1. The van der Waals surface area contributed by atoms with Gasteiger partial charge in [-0.05, 0) is 37.0 Å². The Kier molecular flexibility index (Phi) is 4.57. The number of rotatable bonds is 5. The lowest BCUT2D eigenvalue weighted by molar-refractivity contribution is 0.184. The highest BCUT2D eigenvalue weighted by Gasteiger charge is 2.17. The van der Waals surface area contributed by atoms with Crippen LogP contribution in [0.5, 0.6) is 0 Å². The number of nitrogens with one attached hydrogen (secondary N) is 1. The number of ether oxygens (including phenoxy) is 1. The summed E-state index contributed by atoms with van der Waals surface area (Å²) in [6.45, 7) is 4.53. The van der Waals surface area contributed by atoms with E-state index in [0.717, 1.165) is 31.7 Å². The molecule has 0 aliphatic carbocycles. The minimum absolute atomic E-state index is 0.0855. The minimum Gasteiger partial charge on any atom is -0.381 e. The third-order valence-electron chi connectivity index (χ3n) is 3.42. The van der Waals surface area contributed by atoms with Crippen molar-refractivity contribution in [1.29, 1.82) is 0 Å². The minimum atomic E-state index is -3.64. The fourth-order valence-corrected chi connectivity index (χ4v) is 2.74. The molecule has 2 atom stereocenters.